The number of azo groups is 1. The van der Waals surface area contributed by atoms with Crippen LogP contribution in [-0.4, -0.2) is 34.1 Å². The Morgan fingerprint density at radius 2 is 1.84 bits per heavy atom. The number of benzene rings is 2. The third kappa shape index (κ3) is 6.86. The lowest BCUT2D eigenvalue weighted by Crippen LogP contribution is -2.26. The van der Waals surface area contributed by atoms with Gasteiger partial charge in [-0.25, -0.2) is 0 Å². The Kier molecular flexibility index (Phi) is 9.23. The molecular formula is C19H19BrCl2FN3O4S. The van der Waals surface area contributed by atoms with E-state index < -0.39 is 15.1 Å². The van der Waals surface area contributed by atoms with Crippen LogP contribution in [0.25, 0.3) is 0 Å². The van der Waals surface area contributed by atoms with Crippen LogP contribution in [0.1, 0.15) is 20.3 Å². The standard InChI is InChI=1S/C19H19BrCl2FN3O4S/c1-3-26(10-9-16(27)30-4-2)13-7-5-12(6-8-13)24-25-19-14(21)11-15(31(23,28)29)18(22)17(19)20/h5-8,11H,3-4,9-10H2,1-2H3. The Balaban J connectivity index is 2.19. The SMILES string of the molecule is CCOC(=O)CCN(CC)c1ccc(N=Nc2c(Cl)cc(S(=O)(=O)F)c(Cl)c2Br)cc1. The Hall–Kier alpha value is -1.75. The second-order valence-corrected chi connectivity index (χ2v) is 9.02. The van der Waals surface area contributed by atoms with Crippen molar-refractivity contribution < 1.29 is 21.8 Å². The second kappa shape index (κ2) is 11.2. The van der Waals surface area contributed by atoms with E-state index in [1.807, 2.05) is 24.0 Å². The first kappa shape index (κ1) is 25.5. The van der Waals surface area contributed by atoms with E-state index in [-0.39, 0.29) is 32.6 Å². The van der Waals surface area contributed by atoms with Gasteiger partial charge < -0.3 is 9.64 Å². The average Bonchev–Trinajstić information content (AvgIpc) is 2.71. The van der Waals surface area contributed by atoms with E-state index in [0.717, 1.165) is 11.8 Å². The molecule has 0 saturated heterocycles. The quantitative estimate of drug-likeness (QED) is 0.150. The number of anilines is 1. The van der Waals surface area contributed by atoms with Crippen molar-refractivity contribution in [3.05, 3.63) is 44.8 Å². The van der Waals surface area contributed by atoms with Crippen molar-refractivity contribution in [2.45, 2.75) is 25.2 Å². The fourth-order valence-corrected chi connectivity index (χ4v) is 4.65. The van der Waals surface area contributed by atoms with Gasteiger partial charge in [-0.05, 0) is 60.1 Å². The van der Waals surface area contributed by atoms with Crippen molar-refractivity contribution in [2.24, 2.45) is 10.2 Å². The predicted octanol–water partition coefficient (Wildman–Crippen LogP) is 6.61. The minimum atomic E-state index is -5.04. The van der Waals surface area contributed by atoms with Gasteiger partial charge in [0.1, 0.15) is 10.6 Å². The molecule has 168 valence electrons. The summed E-state index contributed by atoms with van der Waals surface area (Å²) in [6.07, 6.45) is 0.279. The van der Waals surface area contributed by atoms with E-state index >= 15 is 0 Å². The number of carbonyl (C=O) groups excluding carboxylic acids is 1. The molecule has 0 unspecified atom stereocenters. The van der Waals surface area contributed by atoms with Crippen LogP contribution in [0, 0.1) is 0 Å². The molecule has 2 rings (SSSR count). The zero-order valence-electron chi connectivity index (χ0n) is 16.6. The Morgan fingerprint density at radius 1 is 1.19 bits per heavy atom. The van der Waals surface area contributed by atoms with Gasteiger partial charge in [0, 0.05) is 18.8 Å². The summed E-state index contributed by atoms with van der Waals surface area (Å²) in [5.74, 6) is -0.251. The monoisotopic (exact) mass is 553 g/mol. The summed E-state index contributed by atoms with van der Waals surface area (Å²) in [6.45, 7) is 5.30. The number of hydrogen-bond acceptors (Lipinski definition) is 7. The van der Waals surface area contributed by atoms with Crippen LogP contribution >= 0.6 is 39.1 Å². The maximum atomic E-state index is 13.3. The van der Waals surface area contributed by atoms with E-state index in [2.05, 4.69) is 26.2 Å². The molecule has 0 spiro atoms. The lowest BCUT2D eigenvalue weighted by atomic mass is 10.2. The fraction of sp³-hybridized carbons (Fsp3) is 0.316. The molecule has 12 heteroatoms. The normalized spacial score (nSPS) is 11.7. The molecule has 0 aromatic heterocycles. The van der Waals surface area contributed by atoms with Crippen LogP contribution in [0.4, 0.5) is 20.9 Å². The molecule has 0 N–H and O–H groups in total. The van der Waals surface area contributed by atoms with Crippen molar-refractivity contribution in [1.82, 2.24) is 0 Å². The van der Waals surface area contributed by atoms with Crippen molar-refractivity contribution in [1.29, 1.82) is 0 Å². The van der Waals surface area contributed by atoms with Gasteiger partial charge in [-0.1, -0.05) is 23.2 Å². The predicted molar refractivity (Wildman–Crippen MR) is 122 cm³/mol. The fourth-order valence-electron chi connectivity index (χ4n) is 2.60. The molecule has 0 atom stereocenters. The first-order valence-electron chi connectivity index (χ1n) is 9.13. The van der Waals surface area contributed by atoms with E-state index in [1.165, 1.54) is 0 Å². The van der Waals surface area contributed by atoms with Crippen molar-refractivity contribution >= 4 is 72.4 Å². The van der Waals surface area contributed by atoms with Crippen LogP contribution in [0.5, 0.6) is 0 Å². The largest absolute Gasteiger partial charge is 0.466 e. The molecule has 0 radical (unpaired) electrons. The maximum Gasteiger partial charge on any atom is 0.333 e. The average molecular weight is 555 g/mol. The summed E-state index contributed by atoms with van der Waals surface area (Å²) in [4.78, 5) is 12.8. The van der Waals surface area contributed by atoms with E-state index in [1.54, 1.807) is 19.1 Å². The van der Waals surface area contributed by atoms with Gasteiger partial charge in [-0.3, -0.25) is 4.79 Å². The lowest BCUT2D eigenvalue weighted by Gasteiger charge is -2.22. The second-order valence-electron chi connectivity index (χ2n) is 6.12. The van der Waals surface area contributed by atoms with Crippen molar-refractivity contribution in [2.75, 3.05) is 24.6 Å². The maximum absolute atomic E-state index is 13.3. The molecule has 0 aliphatic rings. The lowest BCUT2D eigenvalue weighted by molar-refractivity contribution is -0.142. The van der Waals surface area contributed by atoms with Gasteiger partial charge in [0.2, 0.25) is 0 Å². The molecule has 0 heterocycles. The molecule has 0 fully saturated rings. The number of rotatable bonds is 9. The van der Waals surface area contributed by atoms with Gasteiger partial charge >= 0.3 is 16.2 Å². The summed E-state index contributed by atoms with van der Waals surface area (Å²) in [5, 5.41) is 7.56. The summed E-state index contributed by atoms with van der Waals surface area (Å²) in [5.41, 5.74) is 1.45. The van der Waals surface area contributed by atoms with E-state index in [0.29, 0.717) is 25.4 Å². The topological polar surface area (TPSA) is 88.4 Å². The zero-order chi connectivity index (χ0) is 23.2. The molecule has 0 aliphatic heterocycles. The number of halogens is 4. The van der Waals surface area contributed by atoms with Gasteiger partial charge in [-0.2, -0.15) is 13.5 Å². The van der Waals surface area contributed by atoms with Gasteiger partial charge in [0.05, 0.1) is 33.2 Å². The van der Waals surface area contributed by atoms with E-state index in [4.69, 9.17) is 27.9 Å². The van der Waals surface area contributed by atoms with Gasteiger partial charge in [-0.15, -0.1) is 9.00 Å². The first-order valence-corrected chi connectivity index (χ1v) is 12.1. The number of nitrogens with zero attached hydrogens (tertiary/aromatic N) is 3. The molecular weight excluding hydrogens is 536 g/mol. The zero-order valence-corrected chi connectivity index (χ0v) is 20.5. The highest BCUT2D eigenvalue weighted by atomic mass is 79.9. The highest BCUT2D eigenvalue weighted by molar-refractivity contribution is 9.10. The first-order chi connectivity index (χ1) is 14.6. The molecule has 0 amide bonds. The highest BCUT2D eigenvalue weighted by Crippen LogP contribution is 2.43. The van der Waals surface area contributed by atoms with Crippen molar-refractivity contribution in [3.63, 3.8) is 0 Å². The minimum absolute atomic E-state index is 0.00869. The highest BCUT2D eigenvalue weighted by Gasteiger charge is 2.23. The summed E-state index contributed by atoms with van der Waals surface area (Å²) in [6, 6.07) is 7.96. The number of carbonyl (C=O) groups is 1. The summed E-state index contributed by atoms with van der Waals surface area (Å²) >= 11 is 15.0. The summed E-state index contributed by atoms with van der Waals surface area (Å²) < 4.78 is 40.6. The van der Waals surface area contributed by atoms with Crippen LogP contribution in [-0.2, 0) is 19.8 Å². The third-order valence-corrected chi connectivity index (χ3v) is 6.76. The summed E-state index contributed by atoms with van der Waals surface area (Å²) in [7, 11) is -5.04. The number of esters is 1. The third-order valence-electron chi connectivity index (χ3n) is 4.12. The van der Waals surface area contributed by atoms with Crippen LogP contribution < -0.4 is 4.90 Å². The van der Waals surface area contributed by atoms with Gasteiger partial charge in [0.25, 0.3) is 0 Å². The molecule has 0 aliphatic carbocycles. The number of ether oxygens (including phenoxy) is 1. The minimum Gasteiger partial charge on any atom is -0.466 e. The van der Waals surface area contributed by atoms with Crippen LogP contribution in [0.15, 0.2) is 49.9 Å². The van der Waals surface area contributed by atoms with Crippen LogP contribution in [0.3, 0.4) is 0 Å². The Labute approximate surface area is 198 Å². The molecule has 7 nitrogen and oxygen atoms in total. The molecule has 31 heavy (non-hydrogen) atoms. The van der Waals surface area contributed by atoms with Gasteiger partial charge in [0.15, 0.2) is 0 Å². The molecule has 2 aromatic carbocycles. The molecule has 2 aromatic rings. The Bertz CT molecular complexity index is 1080. The smallest absolute Gasteiger partial charge is 0.333 e. The van der Waals surface area contributed by atoms with Crippen LogP contribution in [0.2, 0.25) is 10.0 Å². The van der Waals surface area contributed by atoms with Crippen molar-refractivity contribution in [3.8, 4) is 0 Å². The Morgan fingerprint density at radius 3 is 2.39 bits per heavy atom. The number of hydrogen-bond donors (Lipinski definition) is 0. The molecule has 0 bridgehead atoms. The molecule has 0 saturated carbocycles. The van der Waals surface area contributed by atoms with E-state index in [9.17, 15) is 17.1 Å².